The molecule has 3 nitrogen and oxygen atoms in total. The van der Waals surface area contributed by atoms with Gasteiger partial charge in [-0.3, -0.25) is 0 Å². The number of rotatable bonds is 9. The van der Waals surface area contributed by atoms with Crippen LogP contribution in [0, 0.1) is 5.92 Å². The van der Waals surface area contributed by atoms with Crippen molar-refractivity contribution < 1.29 is 8.42 Å². The molecule has 0 saturated heterocycles. The summed E-state index contributed by atoms with van der Waals surface area (Å²) in [5.41, 5.74) is 0. The Morgan fingerprint density at radius 3 is 2.19 bits per heavy atom. The maximum Gasteiger partial charge on any atom is 0.150 e. The average molecular weight is 249 g/mol. The first kappa shape index (κ1) is 15.9. The molecule has 2 unspecified atom stereocenters. The van der Waals surface area contributed by atoms with Crippen LogP contribution in [0.5, 0.6) is 0 Å². The van der Waals surface area contributed by atoms with Crippen LogP contribution in [0.1, 0.15) is 47.0 Å². The summed E-state index contributed by atoms with van der Waals surface area (Å²) in [7, 11) is -2.81. The minimum Gasteiger partial charge on any atom is -0.314 e. The first-order chi connectivity index (χ1) is 7.43. The van der Waals surface area contributed by atoms with E-state index in [0.29, 0.717) is 23.5 Å². The van der Waals surface area contributed by atoms with Crippen LogP contribution in [0.2, 0.25) is 0 Å². The van der Waals surface area contributed by atoms with Gasteiger partial charge in [0.2, 0.25) is 0 Å². The third-order valence-corrected chi connectivity index (χ3v) is 4.86. The smallest absolute Gasteiger partial charge is 0.150 e. The second-order valence-corrected chi connectivity index (χ2v) is 6.96. The second-order valence-electron chi connectivity index (χ2n) is 4.66. The highest BCUT2D eigenvalue weighted by Crippen LogP contribution is 2.10. The molecular weight excluding hydrogens is 222 g/mol. The molecule has 0 bridgehead atoms. The van der Waals surface area contributed by atoms with E-state index in [1.807, 2.05) is 6.92 Å². The molecule has 0 aliphatic rings. The lowest BCUT2D eigenvalue weighted by Crippen LogP contribution is -2.33. The van der Waals surface area contributed by atoms with Crippen molar-refractivity contribution in [2.24, 2.45) is 5.92 Å². The molecule has 0 amide bonds. The number of nitrogens with one attached hydrogen (secondary N) is 1. The van der Waals surface area contributed by atoms with Gasteiger partial charge < -0.3 is 5.32 Å². The van der Waals surface area contributed by atoms with E-state index in [1.54, 1.807) is 0 Å². The highest BCUT2D eigenvalue weighted by Gasteiger charge is 2.16. The third kappa shape index (κ3) is 7.23. The van der Waals surface area contributed by atoms with Crippen molar-refractivity contribution in [1.29, 1.82) is 0 Å². The van der Waals surface area contributed by atoms with Gasteiger partial charge in [-0.15, -0.1) is 0 Å². The number of hydrogen-bond donors (Lipinski definition) is 1. The molecule has 2 atom stereocenters. The Labute approximate surface area is 101 Å². The lowest BCUT2D eigenvalue weighted by atomic mass is 10.0. The fourth-order valence-electron chi connectivity index (χ4n) is 1.60. The molecule has 0 heterocycles. The van der Waals surface area contributed by atoms with Crippen LogP contribution in [-0.4, -0.2) is 32.5 Å². The van der Waals surface area contributed by atoms with Crippen LogP contribution in [0.25, 0.3) is 0 Å². The second kappa shape index (κ2) is 8.07. The van der Waals surface area contributed by atoms with Crippen LogP contribution in [0.15, 0.2) is 0 Å². The molecule has 0 aromatic heterocycles. The van der Waals surface area contributed by atoms with Gasteiger partial charge in [-0.05, 0) is 38.6 Å². The highest BCUT2D eigenvalue weighted by atomic mass is 32.2. The Morgan fingerprint density at radius 2 is 1.69 bits per heavy atom. The van der Waals surface area contributed by atoms with Crippen molar-refractivity contribution in [1.82, 2.24) is 5.32 Å². The van der Waals surface area contributed by atoms with Gasteiger partial charge in [-0.2, -0.15) is 0 Å². The van der Waals surface area contributed by atoms with Gasteiger partial charge in [-0.1, -0.05) is 20.8 Å². The topological polar surface area (TPSA) is 46.2 Å². The summed E-state index contributed by atoms with van der Waals surface area (Å²) in [6, 6.07) is 0.400. The molecule has 0 spiro atoms. The zero-order valence-corrected chi connectivity index (χ0v) is 11.9. The summed E-state index contributed by atoms with van der Waals surface area (Å²) in [6.07, 6.45) is 2.60. The summed E-state index contributed by atoms with van der Waals surface area (Å²) in [5.74, 6) is 1.08. The maximum atomic E-state index is 11.6. The van der Waals surface area contributed by atoms with Gasteiger partial charge in [0.25, 0.3) is 0 Å². The number of sulfone groups is 1. The molecule has 1 N–H and O–H groups in total. The van der Waals surface area contributed by atoms with E-state index in [9.17, 15) is 8.42 Å². The molecule has 0 saturated carbocycles. The minimum atomic E-state index is -2.81. The van der Waals surface area contributed by atoms with Crippen molar-refractivity contribution in [3.8, 4) is 0 Å². The van der Waals surface area contributed by atoms with Crippen molar-refractivity contribution >= 4 is 9.84 Å². The van der Waals surface area contributed by atoms with Crippen LogP contribution < -0.4 is 5.32 Å². The lowest BCUT2D eigenvalue weighted by Gasteiger charge is -2.21. The number of hydrogen-bond acceptors (Lipinski definition) is 3. The van der Waals surface area contributed by atoms with E-state index < -0.39 is 9.84 Å². The van der Waals surface area contributed by atoms with E-state index in [2.05, 4.69) is 26.1 Å². The Hall–Kier alpha value is -0.0900. The summed E-state index contributed by atoms with van der Waals surface area (Å²) >= 11 is 0. The normalized spacial score (nSPS) is 16.0. The molecule has 0 aliphatic heterocycles. The molecular formula is C12H27NO2S. The molecule has 16 heavy (non-hydrogen) atoms. The van der Waals surface area contributed by atoms with Gasteiger partial charge in [0.1, 0.15) is 9.84 Å². The van der Waals surface area contributed by atoms with E-state index >= 15 is 0 Å². The monoisotopic (exact) mass is 249 g/mol. The minimum absolute atomic E-state index is 0.330. The van der Waals surface area contributed by atoms with Crippen LogP contribution in [0.4, 0.5) is 0 Å². The fourth-order valence-corrected chi connectivity index (χ4v) is 3.16. The zero-order valence-electron chi connectivity index (χ0n) is 11.1. The Balaban J connectivity index is 3.92. The first-order valence-electron chi connectivity index (χ1n) is 6.36. The molecule has 0 aromatic rings. The van der Waals surface area contributed by atoms with Gasteiger partial charge in [0, 0.05) is 11.8 Å². The predicted molar refractivity (Wildman–Crippen MR) is 70.5 cm³/mol. The Morgan fingerprint density at radius 1 is 1.06 bits per heavy atom. The third-order valence-electron chi connectivity index (χ3n) is 2.97. The fraction of sp³-hybridized carbons (Fsp3) is 1.00. The van der Waals surface area contributed by atoms with Crippen molar-refractivity contribution in [3.63, 3.8) is 0 Å². The predicted octanol–water partition coefficient (Wildman–Crippen LogP) is 2.23. The maximum absolute atomic E-state index is 11.6. The quantitative estimate of drug-likeness (QED) is 0.681. The SMILES string of the molecule is CCCNC(C)C(C)CCS(=O)(=O)CCC. The molecule has 4 heteroatoms. The van der Waals surface area contributed by atoms with Crippen molar-refractivity contribution in [3.05, 3.63) is 0 Å². The van der Waals surface area contributed by atoms with E-state index in [0.717, 1.165) is 25.8 Å². The van der Waals surface area contributed by atoms with Crippen molar-refractivity contribution in [2.75, 3.05) is 18.1 Å². The van der Waals surface area contributed by atoms with Crippen molar-refractivity contribution in [2.45, 2.75) is 53.0 Å². The van der Waals surface area contributed by atoms with E-state index in [1.165, 1.54) is 0 Å². The summed E-state index contributed by atoms with van der Waals surface area (Å²) in [6.45, 7) is 9.30. The molecule has 0 aromatic carbocycles. The Bertz CT molecular complexity index is 262. The summed E-state index contributed by atoms with van der Waals surface area (Å²) in [4.78, 5) is 0. The molecule has 0 aliphatic carbocycles. The zero-order chi connectivity index (χ0) is 12.6. The van der Waals surface area contributed by atoms with Crippen LogP contribution in [-0.2, 0) is 9.84 Å². The average Bonchev–Trinajstić information content (AvgIpc) is 2.22. The first-order valence-corrected chi connectivity index (χ1v) is 8.18. The summed E-state index contributed by atoms with van der Waals surface area (Å²) < 4.78 is 23.1. The van der Waals surface area contributed by atoms with Gasteiger partial charge in [-0.25, -0.2) is 8.42 Å². The van der Waals surface area contributed by atoms with Gasteiger partial charge >= 0.3 is 0 Å². The molecule has 0 rings (SSSR count). The lowest BCUT2D eigenvalue weighted by molar-refractivity contribution is 0.391. The van der Waals surface area contributed by atoms with Gasteiger partial charge in [0.05, 0.1) is 5.75 Å². The molecule has 98 valence electrons. The highest BCUT2D eigenvalue weighted by molar-refractivity contribution is 7.91. The van der Waals surface area contributed by atoms with E-state index in [-0.39, 0.29) is 0 Å². The van der Waals surface area contributed by atoms with Crippen LogP contribution >= 0.6 is 0 Å². The standard InChI is InChI=1S/C12H27NO2S/c1-5-8-13-12(4)11(3)7-10-16(14,15)9-6-2/h11-13H,5-10H2,1-4H3. The summed E-state index contributed by atoms with van der Waals surface area (Å²) in [5, 5.41) is 3.41. The largest absolute Gasteiger partial charge is 0.314 e. The van der Waals surface area contributed by atoms with E-state index in [4.69, 9.17) is 0 Å². The van der Waals surface area contributed by atoms with Gasteiger partial charge in [0.15, 0.2) is 0 Å². The molecule has 0 fully saturated rings. The van der Waals surface area contributed by atoms with Crippen LogP contribution in [0.3, 0.4) is 0 Å². The Kier molecular flexibility index (Phi) is 8.02. The molecule has 0 radical (unpaired) electrons.